The van der Waals surface area contributed by atoms with Crippen LogP contribution in [0.3, 0.4) is 0 Å². The van der Waals surface area contributed by atoms with Crippen LogP contribution in [0.15, 0.2) is 29.2 Å². The first-order chi connectivity index (χ1) is 12.2. The van der Waals surface area contributed by atoms with Gasteiger partial charge in [0.25, 0.3) is 10.1 Å². The molecular weight excluding hydrogens is 372 g/mol. The second-order valence-corrected chi connectivity index (χ2v) is 9.10. The Morgan fingerprint density at radius 2 is 1.92 bits per heavy atom. The van der Waals surface area contributed by atoms with Gasteiger partial charge >= 0.3 is 0 Å². The summed E-state index contributed by atoms with van der Waals surface area (Å²) >= 11 is 6.42. The largest absolute Gasteiger partial charge is 0.485 e. The van der Waals surface area contributed by atoms with E-state index in [2.05, 4.69) is 13.8 Å². The van der Waals surface area contributed by atoms with Crippen LogP contribution >= 0.6 is 11.6 Å². The third kappa shape index (κ3) is 3.24. The number of hydrogen-bond acceptors (Lipinski definition) is 4. The molecule has 3 rings (SSSR count). The molecule has 4 nitrogen and oxygen atoms in total. The molecular formula is C20H23ClO4S. The van der Waals surface area contributed by atoms with Gasteiger partial charge in [-0.1, -0.05) is 43.1 Å². The van der Waals surface area contributed by atoms with Crippen molar-refractivity contribution in [3.63, 3.8) is 0 Å². The van der Waals surface area contributed by atoms with Crippen molar-refractivity contribution < 1.29 is 17.3 Å². The summed E-state index contributed by atoms with van der Waals surface area (Å²) in [5.74, 6) is 1.08. The van der Waals surface area contributed by atoms with Crippen LogP contribution in [-0.2, 0) is 20.7 Å². The van der Waals surface area contributed by atoms with Crippen molar-refractivity contribution in [3.8, 4) is 5.75 Å². The van der Waals surface area contributed by atoms with Crippen molar-refractivity contribution in [2.24, 2.45) is 0 Å². The molecule has 0 amide bonds. The summed E-state index contributed by atoms with van der Waals surface area (Å²) in [7, 11) is -2.65. The fourth-order valence-corrected chi connectivity index (χ4v) is 4.52. The van der Waals surface area contributed by atoms with E-state index < -0.39 is 10.1 Å². The Kier molecular flexibility index (Phi) is 5.08. The highest BCUT2D eigenvalue weighted by molar-refractivity contribution is 7.86. The number of halogens is 1. The number of fused-ring (bicyclic) bond motifs is 1. The van der Waals surface area contributed by atoms with Crippen LogP contribution < -0.4 is 4.74 Å². The van der Waals surface area contributed by atoms with Crippen molar-refractivity contribution in [1.29, 1.82) is 0 Å². The average molecular weight is 395 g/mol. The van der Waals surface area contributed by atoms with Gasteiger partial charge in [-0.15, -0.1) is 0 Å². The molecule has 0 fully saturated rings. The lowest BCUT2D eigenvalue weighted by molar-refractivity contribution is 0.232. The highest BCUT2D eigenvalue weighted by Gasteiger charge is 2.33. The molecule has 2 aromatic carbocycles. The Labute approximate surface area is 160 Å². The van der Waals surface area contributed by atoms with Gasteiger partial charge < -0.3 is 4.74 Å². The first kappa shape index (κ1) is 19.2. The second-order valence-electron chi connectivity index (χ2n) is 7.01. The van der Waals surface area contributed by atoms with Crippen LogP contribution in [-0.4, -0.2) is 15.5 Å². The third-order valence-electron chi connectivity index (χ3n) is 4.90. The van der Waals surface area contributed by atoms with E-state index in [1.54, 1.807) is 12.1 Å². The van der Waals surface area contributed by atoms with Gasteiger partial charge in [0, 0.05) is 22.6 Å². The Balaban J connectivity index is 2.14. The Bertz CT molecular complexity index is 964. The molecule has 0 saturated heterocycles. The molecule has 1 unspecified atom stereocenters. The van der Waals surface area contributed by atoms with Crippen LogP contribution in [0.25, 0.3) is 0 Å². The molecule has 0 radical (unpaired) electrons. The monoisotopic (exact) mass is 394 g/mol. The summed E-state index contributed by atoms with van der Waals surface area (Å²) < 4.78 is 35.7. The highest BCUT2D eigenvalue weighted by Crippen LogP contribution is 2.46. The third-order valence-corrected chi connectivity index (χ3v) is 6.64. The predicted octanol–water partition coefficient (Wildman–Crippen LogP) is 5.09. The molecule has 1 atom stereocenters. The molecule has 1 heterocycles. The van der Waals surface area contributed by atoms with Gasteiger partial charge in [-0.2, -0.15) is 8.42 Å². The average Bonchev–Trinajstić information content (AvgIpc) is 3.03. The minimum Gasteiger partial charge on any atom is -0.485 e. The van der Waals surface area contributed by atoms with E-state index in [0.717, 1.165) is 28.0 Å². The summed E-state index contributed by atoms with van der Waals surface area (Å²) in [4.78, 5) is 0.151. The lowest BCUT2D eigenvalue weighted by atomic mass is 9.94. The molecule has 6 heteroatoms. The van der Waals surface area contributed by atoms with E-state index in [1.807, 2.05) is 26.0 Å². The second kappa shape index (κ2) is 6.87. The van der Waals surface area contributed by atoms with Crippen LogP contribution in [0.2, 0.25) is 5.02 Å². The molecule has 140 valence electrons. The minimum atomic E-state index is -3.82. The first-order valence-corrected chi connectivity index (χ1v) is 10.3. The Morgan fingerprint density at radius 3 is 2.54 bits per heavy atom. The van der Waals surface area contributed by atoms with Gasteiger partial charge in [-0.05, 0) is 43.0 Å². The van der Waals surface area contributed by atoms with E-state index in [1.165, 1.54) is 7.11 Å². The fraction of sp³-hybridized carbons (Fsp3) is 0.400. The smallest absolute Gasteiger partial charge is 0.297 e. The molecule has 0 aliphatic carbocycles. The lowest BCUT2D eigenvalue weighted by Gasteiger charge is -2.18. The van der Waals surface area contributed by atoms with E-state index in [-0.39, 0.29) is 16.9 Å². The van der Waals surface area contributed by atoms with Gasteiger partial charge in [-0.25, -0.2) is 0 Å². The maximum Gasteiger partial charge on any atom is 0.297 e. The number of benzene rings is 2. The van der Waals surface area contributed by atoms with E-state index >= 15 is 0 Å². The normalized spacial score (nSPS) is 16.7. The minimum absolute atomic E-state index is 0.151. The maximum atomic E-state index is 12.4. The van der Waals surface area contributed by atoms with E-state index in [4.69, 9.17) is 20.5 Å². The summed E-state index contributed by atoms with van der Waals surface area (Å²) in [6.45, 7) is 8.08. The Hall–Kier alpha value is -1.56. The summed E-state index contributed by atoms with van der Waals surface area (Å²) in [5, 5.41) is 0.714. The van der Waals surface area contributed by atoms with Crippen molar-refractivity contribution in [3.05, 3.63) is 57.1 Å². The predicted molar refractivity (Wildman–Crippen MR) is 103 cm³/mol. The molecule has 0 N–H and O–H groups in total. The maximum absolute atomic E-state index is 12.4. The van der Waals surface area contributed by atoms with Gasteiger partial charge in [0.15, 0.2) is 0 Å². The lowest BCUT2D eigenvalue weighted by Crippen LogP contribution is -2.12. The van der Waals surface area contributed by atoms with Gasteiger partial charge in [0.1, 0.15) is 16.7 Å². The quantitative estimate of drug-likeness (QED) is 0.677. The van der Waals surface area contributed by atoms with Crippen LogP contribution in [0, 0.1) is 13.8 Å². The van der Waals surface area contributed by atoms with Crippen LogP contribution in [0.5, 0.6) is 5.75 Å². The number of hydrogen-bond donors (Lipinski definition) is 0. The SMILES string of the molecule is COS(=O)(=O)c1ccc(C)cc1C1Cc2c(C)c(Cl)cc(C(C)C)c2O1. The topological polar surface area (TPSA) is 52.6 Å². The number of rotatable bonds is 4. The zero-order valence-corrected chi connectivity index (χ0v) is 17.2. The number of ether oxygens (including phenoxy) is 1. The highest BCUT2D eigenvalue weighted by atomic mass is 35.5. The Morgan fingerprint density at radius 1 is 1.23 bits per heavy atom. The summed E-state index contributed by atoms with van der Waals surface area (Å²) in [5.41, 5.74) is 4.66. The molecule has 1 aliphatic heterocycles. The van der Waals surface area contributed by atoms with Gasteiger partial charge in [-0.3, -0.25) is 4.18 Å². The van der Waals surface area contributed by atoms with Crippen molar-refractivity contribution in [2.45, 2.75) is 51.0 Å². The molecule has 0 bridgehead atoms. The fourth-order valence-electron chi connectivity index (χ4n) is 3.39. The zero-order chi connectivity index (χ0) is 19.2. The van der Waals surface area contributed by atoms with Crippen LogP contribution in [0.4, 0.5) is 0 Å². The first-order valence-electron chi connectivity index (χ1n) is 8.55. The molecule has 26 heavy (non-hydrogen) atoms. The zero-order valence-electron chi connectivity index (χ0n) is 15.6. The molecule has 1 aliphatic rings. The van der Waals surface area contributed by atoms with Crippen molar-refractivity contribution in [1.82, 2.24) is 0 Å². The standard InChI is InChI=1S/C20H23ClO4S/c1-11(2)14-9-17(21)13(4)15-10-18(25-20(14)15)16-8-12(3)6-7-19(16)26(22,23)24-5/h6-9,11,18H,10H2,1-5H3. The molecule has 0 aromatic heterocycles. The summed E-state index contributed by atoms with van der Waals surface area (Å²) in [6.07, 6.45) is 0.191. The van der Waals surface area contributed by atoms with Gasteiger partial charge in [0.05, 0.1) is 7.11 Å². The van der Waals surface area contributed by atoms with Crippen molar-refractivity contribution >= 4 is 21.7 Å². The number of aryl methyl sites for hydroxylation is 1. The van der Waals surface area contributed by atoms with Crippen molar-refractivity contribution in [2.75, 3.05) is 7.11 Å². The molecule has 0 spiro atoms. The van der Waals surface area contributed by atoms with Gasteiger partial charge in [0.2, 0.25) is 0 Å². The molecule has 2 aromatic rings. The summed E-state index contributed by atoms with van der Waals surface area (Å²) in [6, 6.07) is 7.15. The van der Waals surface area contributed by atoms with E-state index in [0.29, 0.717) is 17.0 Å². The van der Waals surface area contributed by atoms with E-state index in [9.17, 15) is 8.42 Å². The van der Waals surface area contributed by atoms with Crippen LogP contribution in [0.1, 0.15) is 53.7 Å². The molecule has 0 saturated carbocycles.